The van der Waals surface area contributed by atoms with Crippen LogP contribution in [0.25, 0.3) is 0 Å². The van der Waals surface area contributed by atoms with Crippen LogP contribution in [0.1, 0.15) is 24.0 Å². The summed E-state index contributed by atoms with van der Waals surface area (Å²) in [6.07, 6.45) is -3.16. The van der Waals surface area contributed by atoms with Crippen molar-refractivity contribution < 1.29 is 22.8 Å². The molecule has 2 heterocycles. The molecule has 1 aromatic carbocycles. The van der Waals surface area contributed by atoms with Gasteiger partial charge >= 0.3 is 12.2 Å². The summed E-state index contributed by atoms with van der Waals surface area (Å²) < 4.78 is 38.2. The first-order chi connectivity index (χ1) is 11.3. The Balaban J connectivity index is 1.69. The molecule has 2 aliphatic rings. The standard InChI is InChI=1S/C16H18F3N3O2/c17-16(18,19)12-3-1-2-11(10-12)4-9-22-13(23)15(21-14(22)24)5-7-20-8-6-15/h1-3,10,20H,4-9H2,(H,21,24). The number of carbonyl (C=O) groups is 2. The zero-order chi connectivity index (χ0) is 17.4. The number of nitrogens with one attached hydrogen (secondary N) is 2. The lowest BCUT2D eigenvalue weighted by atomic mass is 9.88. The van der Waals surface area contributed by atoms with Crippen molar-refractivity contribution >= 4 is 11.9 Å². The largest absolute Gasteiger partial charge is 0.416 e. The van der Waals surface area contributed by atoms with Crippen LogP contribution in [0, 0.1) is 0 Å². The first-order valence-corrected chi connectivity index (χ1v) is 7.83. The van der Waals surface area contributed by atoms with Gasteiger partial charge in [0.05, 0.1) is 5.56 Å². The fraction of sp³-hybridized carbons (Fsp3) is 0.500. The van der Waals surface area contributed by atoms with Gasteiger partial charge in [0.25, 0.3) is 5.91 Å². The lowest BCUT2D eigenvalue weighted by Gasteiger charge is -2.31. The molecule has 0 bridgehead atoms. The normalized spacial score (nSPS) is 20.5. The lowest BCUT2D eigenvalue weighted by molar-refractivity contribution is -0.137. The Morgan fingerprint density at radius 3 is 2.54 bits per heavy atom. The molecule has 0 radical (unpaired) electrons. The predicted octanol–water partition coefficient (Wildman–Crippen LogP) is 1.92. The van der Waals surface area contributed by atoms with Gasteiger partial charge in [0, 0.05) is 6.54 Å². The third kappa shape index (κ3) is 3.10. The number of nitrogens with zero attached hydrogens (tertiary/aromatic N) is 1. The molecule has 0 unspecified atom stereocenters. The minimum atomic E-state index is -4.41. The Kier molecular flexibility index (Phi) is 4.25. The number of benzene rings is 1. The van der Waals surface area contributed by atoms with Gasteiger partial charge in [-0.3, -0.25) is 9.69 Å². The van der Waals surface area contributed by atoms with E-state index in [1.54, 1.807) is 6.07 Å². The number of alkyl halides is 3. The van der Waals surface area contributed by atoms with E-state index < -0.39 is 23.3 Å². The number of amides is 3. The van der Waals surface area contributed by atoms with Gasteiger partial charge < -0.3 is 10.6 Å². The number of urea groups is 1. The average Bonchev–Trinajstić information content (AvgIpc) is 2.76. The zero-order valence-electron chi connectivity index (χ0n) is 12.9. The maximum absolute atomic E-state index is 12.7. The van der Waals surface area contributed by atoms with Gasteiger partial charge in [0.15, 0.2) is 0 Å². The van der Waals surface area contributed by atoms with Crippen LogP contribution in [0.5, 0.6) is 0 Å². The summed E-state index contributed by atoms with van der Waals surface area (Å²) in [5.74, 6) is -0.277. The first-order valence-electron chi connectivity index (χ1n) is 7.83. The van der Waals surface area contributed by atoms with Crippen molar-refractivity contribution in [1.29, 1.82) is 0 Å². The van der Waals surface area contributed by atoms with E-state index in [-0.39, 0.29) is 18.9 Å². The van der Waals surface area contributed by atoms with E-state index in [2.05, 4.69) is 10.6 Å². The van der Waals surface area contributed by atoms with E-state index in [0.717, 1.165) is 17.0 Å². The molecule has 2 saturated heterocycles. The number of piperidine rings is 1. The summed E-state index contributed by atoms with van der Waals surface area (Å²) in [6.45, 7) is 1.36. The molecule has 2 fully saturated rings. The second-order valence-electron chi connectivity index (χ2n) is 6.17. The van der Waals surface area contributed by atoms with E-state index in [0.29, 0.717) is 31.5 Å². The summed E-state index contributed by atoms with van der Waals surface area (Å²) in [6, 6.07) is 4.49. The van der Waals surface area contributed by atoms with Gasteiger partial charge in [-0.1, -0.05) is 18.2 Å². The van der Waals surface area contributed by atoms with Crippen LogP contribution < -0.4 is 10.6 Å². The van der Waals surface area contributed by atoms with Crippen molar-refractivity contribution in [2.24, 2.45) is 0 Å². The lowest BCUT2D eigenvalue weighted by Crippen LogP contribution is -2.53. The Morgan fingerprint density at radius 2 is 1.88 bits per heavy atom. The number of rotatable bonds is 3. The molecular weight excluding hydrogens is 323 g/mol. The molecule has 3 rings (SSSR count). The van der Waals surface area contributed by atoms with E-state index in [1.165, 1.54) is 6.07 Å². The van der Waals surface area contributed by atoms with Crippen molar-refractivity contribution in [3.63, 3.8) is 0 Å². The number of imide groups is 1. The second kappa shape index (κ2) is 6.08. The monoisotopic (exact) mass is 341 g/mol. The summed E-state index contributed by atoms with van der Waals surface area (Å²) in [7, 11) is 0. The third-order valence-electron chi connectivity index (χ3n) is 4.58. The summed E-state index contributed by atoms with van der Waals surface area (Å²) in [5.41, 5.74) is -1.14. The van der Waals surface area contributed by atoms with Crippen LogP contribution in [-0.2, 0) is 17.4 Å². The van der Waals surface area contributed by atoms with Crippen LogP contribution in [0.3, 0.4) is 0 Å². The summed E-state index contributed by atoms with van der Waals surface area (Å²) in [5, 5.41) is 5.89. The summed E-state index contributed by atoms with van der Waals surface area (Å²) >= 11 is 0. The van der Waals surface area contributed by atoms with Crippen molar-refractivity contribution in [3.8, 4) is 0 Å². The molecule has 5 nitrogen and oxygen atoms in total. The molecule has 2 N–H and O–H groups in total. The molecule has 0 aromatic heterocycles. The van der Waals surface area contributed by atoms with Gasteiger partial charge in [-0.05, 0) is 44.0 Å². The molecule has 130 valence electrons. The van der Waals surface area contributed by atoms with Crippen LogP contribution in [0.15, 0.2) is 24.3 Å². The van der Waals surface area contributed by atoms with Crippen LogP contribution in [0.2, 0.25) is 0 Å². The fourth-order valence-electron chi connectivity index (χ4n) is 3.22. The van der Waals surface area contributed by atoms with E-state index >= 15 is 0 Å². The molecule has 0 aliphatic carbocycles. The minimum Gasteiger partial charge on any atom is -0.323 e. The molecule has 0 atom stereocenters. The Labute approximate surface area is 137 Å². The average molecular weight is 341 g/mol. The predicted molar refractivity (Wildman–Crippen MR) is 80.2 cm³/mol. The molecule has 8 heteroatoms. The first kappa shape index (κ1) is 16.8. The minimum absolute atomic E-state index is 0.0706. The highest BCUT2D eigenvalue weighted by molar-refractivity contribution is 6.07. The van der Waals surface area contributed by atoms with Crippen molar-refractivity contribution in [1.82, 2.24) is 15.5 Å². The Morgan fingerprint density at radius 1 is 1.17 bits per heavy atom. The third-order valence-corrected chi connectivity index (χ3v) is 4.58. The molecule has 24 heavy (non-hydrogen) atoms. The van der Waals surface area contributed by atoms with Gasteiger partial charge in [-0.15, -0.1) is 0 Å². The van der Waals surface area contributed by atoms with Crippen molar-refractivity contribution in [2.45, 2.75) is 31.0 Å². The fourth-order valence-corrected chi connectivity index (χ4v) is 3.22. The molecule has 1 aromatic rings. The van der Waals surface area contributed by atoms with Gasteiger partial charge in [-0.2, -0.15) is 13.2 Å². The Hall–Kier alpha value is -2.09. The van der Waals surface area contributed by atoms with Crippen LogP contribution >= 0.6 is 0 Å². The van der Waals surface area contributed by atoms with Crippen LogP contribution in [0.4, 0.5) is 18.0 Å². The SMILES string of the molecule is O=C1NC2(CCNCC2)C(=O)N1CCc1cccc(C(F)(F)F)c1. The van der Waals surface area contributed by atoms with Gasteiger partial charge in [-0.25, -0.2) is 4.79 Å². The molecule has 0 saturated carbocycles. The smallest absolute Gasteiger partial charge is 0.323 e. The van der Waals surface area contributed by atoms with Gasteiger partial charge in [0.2, 0.25) is 0 Å². The van der Waals surface area contributed by atoms with Crippen molar-refractivity contribution in [3.05, 3.63) is 35.4 Å². The molecule has 3 amide bonds. The quantitative estimate of drug-likeness (QED) is 0.826. The maximum Gasteiger partial charge on any atom is 0.416 e. The maximum atomic E-state index is 12.7. The highest BCUT2D eigenvalue weighted by Crippen LogP contribution is 2.30. The molecule has 1 spiro atoms. The summed E-state index contributed by atoms with van der Waals surface area (Å²) in [4.78, 5) is 25.8. The van der Waals surface area contributed by atoms with Gasteiger partial charge in [0.1, 0.15) is 5.54 Å². The van der Waals surface area contributed by atoms with Crippen molar-refractivity contribution in [2.75, 3.05) is 19.6 Å². The highest BCUT2D eigenvalue weighted by atomic mass is 19.4. The molecular formula is C16H18F3N3O2. The van der Waals surface area contributed by atoms with E-state index in [1.807, 2.05) is 0 Å². The number of hydrogen-bond acceptors (Lipinski definition) is 3. The Bertz CT molecular complexity index is 654. The zero-order valence-corrected chi connectivity index (χ0v) is 12.9. The number of hydrogen-bond donors (Lipinski definition) is 2. The number of halogens is 3. The second-order valence-corrected chi connectivity index (χ2v) is 6.17. The van der Waals surface area contributed by atoms with E-state index in [9.17, 15) is 22.8 Å². The number of carbonyl (C=O) groups excluding carboxylic acids is 2. The van der Waals surface area contributed by atoms with E-state index in [4.69, 9.17) is 0 Å². The highest BCUT2D eigenvalue weighted by Gasteiger charge is 2.51. The topological polar surface area (TPSA) is 61.4 Å². The van der Waals surface area contributed by atoms with Crippen LogP contribution in [-0.4, -0.2) is 42.0 Å². The molecule has 2 aliphatic heterocycles.